The summed E-state index contributed by atoms with van der Waals surface area (Å²) in [5.74, 6) is 0.279. The summed E-state index contributed by atoms with van der Waals surface area (Å²) in [6.07, 6.45) is 8.81. The Balaban J connectivity index is 1.19. The lowest BCUT2D eigenvalue weighted by Gasteiger charge is -2.15. The van der Waals surface area contributed by atoms with Crippen molar-refractivity contribution in [1.29, 1.82) is 0 Å². The number of nitrogens with one attached hydrogen (secondary N) is 3. The number of fused-ring (bicyclic) bond motifs is 2. The lowest BCUT2D eigenvalue weighted by atomic mass is 10.0. The molecule has 0 unspecified atom stereocenters. The molecule has 5 heterocycles. The normalized spacial score (nSPS) is 14.1. The first-order chi connectivity index (χ1) is 21.8. The van der Waals surface area contributed by atoms with Gasteiger partial charge in [0.15, 0.2) is 0 Å². The topological polar surface area (TPSA) is 129 Å². The highest BCUT2D eigenvalue weighted by Gasteiger charge is 2.17. The summed E-state index contributed by atoms with van der Waals surface area (Å²) in [6.45, 7) is 3.80. The average molecular weight is 626 g/mol. The third-order valence-corrected chi connectivity index (χ3v) is 8.75. The molecule has 4 aromatic heterocycles. The van der Waals surface area contributed by atoms with E-state index in [-0.39, 0.29) is 6.54 Å². The van der Waals surface area contributed by atoms with Crippen molar-refractivity contribution in [2.45, 2.75) is 19.4 Å². The SMILES string of the molecule is CS(=O)(=O)NCc1cc(F)cc(-c2ccnc3[nH]c(-c4n[nH]c5ccc(-c6cncc(OCCN7CCCC7)c6)cc45)cc23)c1. The summed E-state index contributed by atoms with van der Waals surface area (Å²) in [4.78, 5) is 14.7. The van der Waals surface area contributed by atoms with E-state index in [2.05, 4.69) is 40.8 Å². The number of H-pyrrole nitrogens is 2. The minimum Gasteiger partial charge on any atom is -0.491 e. The van der Waals surface area contributed by atoms with E-state index in [4.69, 9.17) is 4.74 Å². The van der Waals surface area contributed by atoms with Gasteiger partial charge < -0.3 is 9.72 Å². The van der Waals surface area contributed by atoms with E-state index < -0.39 is 15.8 Å². The minimum absolute atomic E-state index is 0.0129. The Morgan fingerprint density at radius 1 is 0.978 bits per heavy atom. The highest BCUT2D eigenvalue weighted by molar-refractivity contribution is 7.88. The van der Waals surface area contributed by atoms with Crippen LogP contribution in [0.15, 0.2) is 73.2 Å². The van der Waals surface area contributed by atoms with Crippen LogP contribution in [0.25, 0.3) is 55.6 Å². The molecule has 45 heavy (non-hydrogen) atoms. The molecule has 7 rings (SSSR count). The van der Waals surface area contributed by atoms with Crippen molar-refractivity contribution in [1.82, 2.24) is 34.8 Å². The van der Waals surface area contributed by atoms with Crippen molar-refractivity contribution in [3.05, 3.63) is 84.6 Å². The molecule has 0 aliphatic carbocycles. The first-order valence-corrected chi connectivity index (χ1v) is 16.7. The number of benzene rings is 2. The van der Waals surface area contributed by atoms with E-state index >= 15 is 0 Å². The van der Waals surface area contributed by atoms with Gasteiger partial charge in [0, 0.05) is 41.8 Å². The summed E-state index contributed by atoms with van der Waals surface area (Å²) in [7, 11) is -3.43. The van der Waals surface area contributed by atoms with Crippen molar-refractivity contribution in [3.63, 3.8) is 0 Å². The fourth-order valence-corrected chi connectivity index (χ4v) is 6.31. The van der Waals surface area contributed by atoms with E-state index in [1.807, 2.05) is 36.5 Å². The van der Waals surface area contributed by atoms with Crippen LogP contribution < -0.4 is 9.46 Å². The smallest absolute Gasteiger partial charge is 0.209 e. The van der Waals surface area contributed by atoms with Crippen LogP contribution in [0.3, 0.4) is 0 Å². The van der Waals surface area contributed by atoms with Crippen molar-refractivity contribution < 1.29 is 17.5 Å². The van der Waals surface area contributed by atoms with Crippen LogP contribution in [0.1, 0.15) is 18.4 Å². The summed E-state index contributed by atoms with van der Waals surface area (Å²) in [5.41, 5.74) is 6.77. The third kappa shape index (κ3) is 6.44. The second kappa shape index (κ2) is 12.0. The van der Waals surface area contributed by atoms with Crippen LogP contribution >= 0.6 is 0 Å². The van der Waals surface area contributed by atoms with Gasteiger partial charge in [-0.25, -0.2) is 22.5 Å². The van der Waals surface area contributed by atoms with Gasteiger partial charge >= 0.3 is 0 Å². The molecule has 0 saturated carbocycles. The van der Waals surface area contributed by atoms with E-state index in [1.165, 1.54) is 25.0 Å². The van der Waals surface area contributed by atoms with Crippen molar-refractivity contribution in [3.8, 4) is 39.4 Å². The number of rotatable bonds is 10. The lowest BCUT2D eigenvalue weighted by molar-refractivity contribution is 0.237. The Morgan fingerprint density at radius 3 is 2.69 bits per heavy atom. The Kier molecular flexibility index (Phi) is 7.78. The zero-order valence-corrected chi connectivity index (χ0v) is 25.5. The Labute approximate surface area is 259 Å². The zero-order valence-electron chi connectivity index (χ0n) is 24.7. The van der Waals surface area contributed by atoms with Crippen LogP contribution in [0.4, 0.5) is 4.39 Å². The fourth-order valence-electron chi connectivity index (χ4n) is 5.88. The van der Waals surface area contributed by atoms with Crippen LogP contribution in [0.2, 0.25) is 0 Å². The standard InChI is InChI=1S/C33H32FN7O3S/c1-45(42,43)37-18-21-12-23(14-25(34)13-21)27-6-7-36-33-28(27)17-31(38-33)32-29-16-22(4-5-30(29)39-40-32)24-15-26(20-35-19-24)44-11-10-41-8-2-3-9-41/h4-7,12-17,19-20,37H,2-3,8-11,18H2,1H3,(H,36,38)(H,39,40). The second-order valence-corrected chi connectivity index (χ2v) is 13.2. The second-order valence-electron chi connectivity index (χ2n) is 11.4. The molecular formula is C33H32FN7O3S. The molecule has 0 bridgehead atoms. The van der Waals surface area contributed by atoms with Gasteiger partial charge in [-0.3, -0.25) is 15.0 Å². The summed E-state index contributed by atoms with van der Waals surface area (Å²) in [5, 5.41) is 9.44. The molecule has 3 N–H and O–H groups in total. The molecule has 1 aliphatic rings. The molecule has 1 aliphatic heterocycles. The molecule has 0 radical (unpaired) electrons. The van der Waals surface area contributed by atoms with Crippen LogP contribution in [-0.4, -0.2) is 71.0 Å². The largest absolute Gasteiger partial charge is 0.491 e. The number of hydrogen-bond acceptors (Lipinski definition) is 7. The Bertz CT molecular complexity index is 2120. The summed E-state index contributed by atoms with van der Waals surface area (Å²) in [6, 6.07) is 16.4. The number of likely N-dealkylation sites (tertiary alicyclic amines) is 1. The minimum atomic E-state index is -3.43. The number of hydrogen-bond donors (Lipinski definition) is 3. The van der Waals surface area contributed by atoms with Crippen molar-refractivity contribution in [2.24, 2.45) is 0 Å². The number of ether oxygens (including phenoxy) is 1. The predicted molar refractivity (Wildman–Crippen MR) is 173 cm³/mol. The first-order valence-electron chi connectivity index (χ1n) is 14.8. The number of pyridine rings is 2. The maximum Gasteiger partial charge on any atom is 0.209 e. The van der Waals surface area contributed by atoms with Gasteiger partial charge in [0.05, 0.1) is 23.7 Å². The molecule has 10 nitrogen and oxygen atoms in total. The average Bonchev–Trinajstić information content (AvgIpc) is 3.79. The maximum atomic E-state index is 14.6. The zero-order chi connectivity index (χ0) is 31.0. The van der Waals surface area contributed by atoms with Gasteiger partial charge in [0.1, 0.15) is 29.5 Å². The van der Waals surface area contributed by atoms with E-state index in [1.54, 1.807) is 18.5 Å². The van der Waals surface area contributed by atoms with Gasteiger partial charge in [-0.15, -0.1) is 0 Å². The quantitative estimate of drug-likeness (QED) is 0.183. The first kappa shape index (κ1) is 29.1. The molecule has 6 aromatic rings. The fraction of sp³-hybridized carbons (Fsp3) is 0.242. The molecular weight excluding hydrogens is 593 g/mol. The van der Waals surface area contributed by atoms with E-state index in [0.29, 0.717) is 23.4 Å². The predicted octanol–water partition coefficient (Wildman–Crippen LogP) is 5.50. The van der Waals surface area contributed by atoms with Crippen molar-refractivity contribution >= 4 is 32.0 Å². The number of aromatic amines is 2. The highest BCUT2D eigenvalue weighted by Crippen LogP contribution is 2.35. The van der Waals surface area contributed by atoms with Gasteiger partial charge in [-0.05, 0) is 96.7 Å². The molecule has 1 fully saturated rings. The monoisotopic (exact) mass is 625 g/mol. The van der Waals surface area contributed by atoms with E-state index in [0.717, 1.165) is 76.0 Å². The van der Waals surface area contributed by atoms with Crippen LogP contribution in [0.5, 0.6) is 5.75 Å². The summed E-state index contributed by atoms with van der Waals surface area (Å²) < 4.78 is 46.3. The molecule has 0 atom stereocenters. The van der Waals surface area contributed by atoms with Gasteiger partial charge in [0.2, 0.25) is 10.0 Å². The number of nitrogens with zero attached hydrogens (tertiary/aromatic N) is 4. The molecule has 0 spiro atoms. The lowest BCUT2D eigenvalue weighted by Crippen LogP contribution is -2.25. The van der Waals surface area contributed by atoms with Crippen LogP contribution in [-0.2, 0) is 16.6 Å². The summed E-state index contributed by atoms with van der Waals surface area (Å²) >= 11 is 0. The van der Waals surface area contributed by atoms with Crippen LogP contribution in [0, 0.1) is 5.82 Å². The van der Waals surface area contributed by atoms with Gasteiger partial charge in [0.25, 0.3) is 0 Å². The third-order valence-electron chi connectivity index (χ3n) is 8.08. The molecule has 0 amide bonds. The number of halogens is 1. The maximum absolute atomic E-state index is 14.6. The molecule has 1 saturated heterocycles. The Hall–Kier alpha value is -4.65. The van der Waals surface area contributed by atoms with Gasteiger partial charge in [-0.2, -0.15) is 5.10 Å². The molecule has 230 valence electrons. The number of aromatic nitrogens is 5. The number of sulfonamides is 1. The Morgan fingerprint density at radius 2 is 1.84 bits per heavy atom. The molecule has 12 heteroatoms. The highest BCUT2D eigenvalue weighted by atomic mass is 32.2. The van der Waals surface area contributed by atoms with E-state index in [9.17, 15) is 12.8 Å². The van der Waals surface area contributed by atoms with Crippen molar-refractivity contribution in [2.75, 3.05) is 32.5 Å². The molecule has 2 aromatic carbocycles. The van der Waals surface area contributed by atoms with Gasteiger partial charge in [-0.1, -0.05) is 6.07 Å².